The largest absolute Gasteiger partial charge is 0.396 e. The van der Waals surface area contributed by atoms with Gasteiger partial charge in [-0.15, -0.1) is 0 Å². The summed E-state index contributed by atoms with van der Waals surface area (Å²) >= 11 is 0. The summed E-state index contributed by atoms with van der Waals surface area (Å²) < 4.78 is 22.5. The molecule has 1 aliphatic rings. The molecular weight excluding hydrogens is 384 g/mol. The number of carbonyl (C=O) groups excluding carboxylic acids is 1. The van der Waals surface area contributed by atoms with Gasteiger partial charge in [0.25, 0.3) is 0 Å². The Morgan fingerprint density at radius 2 is 1.68 bits per heavy atom. The molecule has 1 N–H and O–H groups in total. The van der Waals surface area contributed by atoms with Crippen LogP contribution in [0.4, 0.5) is 0 Å². The quantitative estimate of drug-likeness (QED) is 0.383. The van der Waals surface area contributed by atoms with Crippen LogP contribution < -0.4 is 0 Å². The highest BCUT2D eigenvalue weighted by molar-refractivity contribution is 5.76. The molecule has 0 aromatic rings. The predicted molar refractivity (Wildman–Crippen MR) is 133 cm³/mol. The molecule has 4 nitrogen and oxygen atoms in total. The molecule has 178 valence electrons. The lowest BCUT2D eigenvalue weighted by Crippen LogP contribution is -2.47. The Morgan fingerprint density at radius 3 is 2.29 bits per heavy atom. The van der Waals surface area contributed by atoms with Crippen LogP contribution in [-0.4, -0.2) is 60.6 Å². The first-order chi connectivity index (χ1) is 15.9. The molecule has 0 radical (unpaired) electrons. The van der Waals surface area contributed by atoms with E-state index >= 15 is 0 Å². The minimum Gasteiger partial charge on any atom is -0.396 e. The van der Waals surface area contributed by atoms with Crippen molar-refractivity contribution in [3.63, 3.8) is 0 Å². The topological polar surface area (TPSA) is 43.8 Å². The van der Waals surface area contributed by atoms with Crippen molar-refractivity contribution in [2.45, 2.75) is 79.6 Å². The summed E-state index contributed by atoms with van der Waals surface area (Å²) in [5.74, 6) is 0.827. The minimum absolute atomic E-state index is 0.106. The lowest BCUT2D eigenvalue weighted by atomic mass is 9.87. The third-order valence-electron chi connectivity index (χ3n) is 6.26. The Balaban J connectivity index is 2.62. The Bertz CT molecular complexity index is 701. The van der Waals surface area contributed by atoms with Crippen LogP contribution in [0.3, 0.4) is 0 Å². The summed E-state index contributed by atoms with van der Waals surface area (Å²) in [6, 6.07) is 0. The molecule has 0 saturated carbocycles. The molecular formula is C27H48N2O2. The Hall–Kier alpha value is -1.39. The molecule has 1 rings (SSSR count). The third-order valence-corrected chi connectivity index (χ3v) is 6.26. The van der Waals surface area contributed by atoms with Gasteiger partial charge < -0.3 is 14.9 Å². The zero-order chi connectivity index (χ0) is 25.7. The molecule has 1 aliphatic heterocycles. The standard InChI is InChI=1S/C27H48N2O2/c1-22(2)9-7-10-23(3)13-15-26(16-14-24(4)21-30)25(5)11-8-12-27(31)29-19-17-28(6)18-20-29/h9,11,13,24,26,30H,7-8,10,12,14-21H2,1-6H3/b23-13+,25-11+/i6D3. The first-order valence-electron chi connectivity index (χ1n) is 13.5. The van der Waals surface area contributed by atoms with Gasteiger partial charge in [0, 0.05) is 43.3 Å². The Kier molecular flexibility index (Phi) is 11.3. The van der Waals surface area contributed by atoms with E-state index in [9.17, 15) is 9.90 Å². The van der Waals surface area contributed by atoms with Gasteiger partial charge in [-0.2, -0.15) is 0 Å². The van der Waals surface area contributed by atoms with Crippen molar-refractivity contribution < 1.29 is 14.0 Å². The monoisotopic (exact) mass is 435 g/mol. The van der Waals surface area contributed by atoms with Gasteiger partial charge in [0.05, 0.1) is 0 Å². The molecule has 0 aromatic heterocycles. The maximum Gasteiger partial charge on any atom is 0.222 e. The summed E-state index contributed by atoms with van der Waals surface area (Å²) in [7, 11) is 0. The van der Waals surface area contributed by atoms with E-state index in [2.05, 4.69) is 52.8 Å². The maximum atomic E-state index is 12.6. The highest BCUT2D eigenvalue weighted by Crippen LogP contribution is 2.25. The number of allylic oxidation sites excluding steroid dienone is 6. The molecule has 0 aliphatic carbocycles. The highest BCUT2D eigenvalue weighted by Gasteiger charge is 2.18. The van der Waals surface area contributed by atoms with Crippen molar-refractivity contribution in [3.8, 4) is 0 Å². The molecule has 2 unspecified atom stereocenters. The van der Waals surface area contributed by atoms with Crippen molar-refractivity contribution in [3.05, 3.63) is 34.9 Å². The van der Waals surface area contributed by atoms with Gasteiger partial charge in [-0.05, 0) is 85.0 Å². The van der Waals surface area contributed by atoms with Gasteiger partial charge in [0.15, 0.2) is 0 Å². The van der Waals surface area contributed by atoms with E-state index in [-0.39, 0.29) is 12.5 Å². The van der Waals surface area contributed by atoms with E-state index < -0.39 is 6.98 Å². The second-order valence-corrected chi connectivity index (χ2v) is 9.52. The van der Waals surface area contributed by atoms with Crippen molar-refractivity contribution in [1.82, 2.24) is 9.80 Å². The zero-order valence-corrected chi connectivity index (χ0v) is 20.6. The van der Waals surface area contributed by atoms with Gasteiger partial charge in [-0.1, -0.05) is 41.9 Å². The van der Waals surface area contributed by atoms with E-state index in [0.29, 0.717) is 50.9 Å². The molecule has 0 spiro atoms. The lowest BCUT2D eigenvalue weighted by Gasteiger charge is -2.32. The third kappa shape index (κ3) is 12.3. The van der Waals surface area contributed by atoms with E-state index in [1.807, 2.05) is 0 Å². The highest BCUT2D eigenvalue weighted by atomic mass is 16.3. The number of hydrogen-bond acceptors (Lipinski definition) is 3. The summed E-state index contributed by atoms with van der Waals surface area (Å²) in [6.45, 7) is 10.6. The SMILES string of the molecule is [2H]C([2H])([2H])N1CCN(C(=O)CC/C=C(\C)C(C/C=C(\C)CCC=C(C)C)CCC(C)CO)CC1. The number of nitrogens with zero attached hydrogens (tertiary/aromatic N) is 2. The first-order valence-corrected chi connectivity index (χ1v) is 12.0. The number of amides is 1. The number of hydrogen-bond donors (Lipinski definition) is 1. The number of rotatable bonds is 13. The first kappa shape index (κ1) is 22.8. The number of likely N-dealkylation sites (N-methyl/N-ethyl adjacent to an activating group) is 1. The molecule has 4 heteroatoms. The van der Waals surface area contributed by atoms with Crippen LogP contribution in [0.1, 0.15) is 83.7 Å². The summed E-state index contributed by atoms with van der Waals surface area (Å²) in [6.07, 6.45) is 13.2. The fourth-order valence-corrected chi connectivity index (χ4v) is 3.85. The van der Waals surface area contributed by atoms with Crippen molar-refractivity contribution in [1.29, 1.82) is 0 Å². The van der Waals surface area contributed by atoms with E-state index in [1.54, 1.807) is 4.90 Å². The van der Waals surface area contributed by atoms with Gasteiger partial charge in [0.2, 0.25) is 5.91 Å². The average molecular weight is 436 g/mol. The van der Waals surface area contributed by atoms with Crippen LogP contribution in [0.5, 0.6) is 0 Å². The van der Waals surface area contributed by atoms with Gasteiger partial charge in [0.1, 0.15) is 0 Å². The zero-order valence-electron chi connectivity index (χ0n) is 23.6. The van der Waals surface area contributed by atoms with Crippen LogP contribution in [0, 0.1) is 11.8 Å². The van der Waals surface area contributed by atoms with Crippen molar-refractivity contribution in [2.24, 2.45) is 11.8 Å². The van der Waals surface area contributed by atoms with Crippen molar-refractivity contribution >= 4 is 5.91 Å². The normalized spacial score (nSPS) is 19.9. The summed E-state index contributed by atoms with van der Waals surface area (Å²) in [5, 5.41) is 9.43. The molecule has 0 bridgehead atoms. The van der Waals surface area contributed by atoms with Crippen LogP contribution in [-0.2, 0) is 4.79 Å². The minimum atomic E-state index is -2.07. The number of carbonyl (C=O) groups is 1. The predicted octanol–water partition coefficient (Wildman–Crippen LogP) is 5.59. The van der Waals surface area contributed by atoms with Crippen LogP contribution in [0.15, 0.2) is 34.9 Å². The lowest BCUT2D eigenvalue weighted by molar-refractivity contribution is -0.132. The van der Waals surface area contributed by atoms with E-state index in [1.165, 1.54) is 21.6 Å². The van der Waals surface area contributed by atoms with Gasteiger partial charge in [-0.3, -0.25) is 4.79 Å². The fraction of sp³-hybridized carbons (Fsp3) is 0.741. The molecule has 1 saturated heterocycles. The van der Waals surface area contributed by atoms with Gasteiger partial charge >= 0.3 is 0 Å². The second kappa shape index (κ2) is 15.4. The average Bonchev–Trinajstić information content (AvgIpc) is 2.77. The Morgan fingerprint density at radius 1 is 1.00 bits per heavy atom. The molecule has 1 heterocycles. The smallest absolute Gasteiger partial charge is 0.222 e. The Labute approximate surface area is 196 Å². The molecule has 31 heavy (non-hydrogen) atoms. The number of aliphatic hydroxyl groups is 1. The second-order valence-electron chi connectivity index (χ2n) is 9.52. The maximum absolute atomic E-state index is 12.6. The number of aliphatic hydroxyl groups excluding tert-OH is 1. The summed E-state index contributed by atoms with van der Waals surface area (Å²) in [5.41, 5.74) is 4.09. The van der Waals surface area contributed by atoms with Gasteiger partial charge in [-0.25, -0.2) is 0 Å². The fourth-order valence-electron chi connectivity index (χ4n) is 3.85. The van der Waals surface area contributed by atoms with Crippen LogP contribution in [0.25, 0.3) is 0 Å². The van der Waals surface area contributed by atoms with E-state index in [4.69, 9.17) is 4.11 Å². The van der Waals surface area contributed by atoms with Crippen LogP contribution >= 0.6 is 0 Å². The molecule has 1 amide bonds. The number of piperazine rings is 1. The molecule has 1 fully saturated rings. The summed E-state index contributed by atoms with van der Waals surface area (Å²) in [4.78, 5) is 15.9. The van der Waals surface area contributed by atoms with E-state index in [0.717, 1.165) is 32.1 Å². The molecule has 2 atom stereocenters. The van der Waals surface area contributed by atoms with Crippen molar-refractivity contribution in [2.75, 3.05) is 39.8 Å². The van der Waals surface area contributed by atoms with Crippen LogP contribution in [0.2, 0.25) is 0 Å². The molecule has 0 aromatic carbocycles.